The molecule has 2 N–H and O–H groups in total. The zero-order valence-corrected chi connectivity index (χ0v) is 11.9. The molecule has 0 saturated heterocycles. The van der Waals surface area contributed by atoms with E-state index in [2.05, 4.69) is 31.2 Å². The SMILES string of the molecule is O=C(NCc1nc(C(=O)O)cs1)c1cncc(Br)c1. The highest BCUT2D eigenvalue weighted by molar-refractivity contribution is 9.10. The van der Waals surface area contributed by atoms with E-state index >= 15 is 0 Å². The first kappa shape index (κ1) is 13.6. The monoisotopic (exact) mass is 341 g/mol. The molecular formula is C11H8BrN3O3S. The standard InChI is InChI=1S/C11H8BrN3O3S/c12-7-1-6(2-13-3-7)10(16)14-4-9-15-8(5-19-9)11(17)18/h1-3,5H,4H2,(H,14,16)(H,17,18). The number of carbonyl (C=O) groups is 2. The summed E-state index contributed by atoms with van der Waals surface area (Å²) in [5, 5.41) is 13.3. The van der Waals surface area contributed by atoms with Gasteiger partial charge in [0.15, 0.2) is 5.69 Å². The number of thiazole rings is 1. The topological polar surface area (TPSA) is 92.2 Å². The van der Waals surface area contributed by atoms with Crippen molar-refractivity contribution in [2.75, 3.05) is 0 Å². The van der Waals surface area contributed by atoms with Gasteiger partial charge in [-0.2, -0.15) is 0 Å². The third kappa shape index (κ3) is 3.58. The number of aromatic nitrogens is 2. The maximum absolute atomic E-state index is 11.8. The van der Waals surface area contributed by atoms with Crippen LogP contribution in [0.5, 0.6) is 0 Å². The predicted molar refractivity (Wildman–Crippen MR) is 72.2 cm³/mol. The number of hydrogen-bond donors (Lipinski definition) is 2. The summed E-state index contributed by atoms with van der Waals surface area (Å²) in [5.74, 6) is -1.37. The van der Waals surface area contributed by atoms with Crippen LogP contribution in [0.4, 0.5) is 0 Å². The molecule has 0 aromatic carbocycles. The van der Waals surface area contributed by atoms with Crippen molar-refractivity contribution >= 4 is 39.1 Å². The smallest absolute Gasteiger partial charge is 0.355 e. The molecule has 1 amide bonds. The fourth-order valence-corrected chi connectivity index (χ4v) is 2.36. The second-order valence-corrected chi connectivity index (χ2v) is 5.36. The average molecular weight is 342 g/mol. The van der Waals surface area contributed by atoms with Crippen LogP contribution in [0.15, 0.2) is 28.3 Å². The molecular weight excluding hydrogens is 334 g/mol. The number of nitrogens with one attached hydrogen (secondary N) is 1. The Kier molecular flexibility index (Phi) is 4.23. The second kappa shape index (κ2) is 5.89. The molecule has 8 heteroatoms. The Labute approximate surface area is 120 Å². The van der Waals surface area contributed by atoms with E-state index in [1.165, 1.54) is 22.9 Å². The molecule has 2 rings (SSSR count). The van der Waals surface area contributed by atoms with E-state index in [1.54, 1.807) is 12.3 Å². The van der Waals surface area contributed by atoms with Crippen LogP contribution >= 0.6 is 27.3 Å². The van der Waals surface area contributed by atoms with Gasteiger partial charge in [0, 0.05) is 22.2 Å². The average Bonchev–Trinajstić information content (AvgIpc) is 2.85. The molecule has 0 aliphatic rings. The molecule has 0 saturated carbocycles. The van der Waals surface area contributed by atoms with E-state index in [1.807, 2.05) is 0 Å². The molecule has 0 atom stereocenters. The first-order valence-electron chi connectivity index (χ1n) is 5.12. The lowest BCUT2D eigenvalue weighted by atomic mass is 10.3. The van der Waals surface area contributed by atoms with Crippen molar-refractivity contribution in [3.05, 3.63) is 44.6 Å². The van der Waals surface area contributed by atoms with Crippen LogP contribution in [0.2, 0.25) is 0 Å². The normalized spacial score (nSPS) is 10.2. The molecule has 0 bridgehead atoms. The minimum Gasteiger partial charge on any atom is -0.476 e. The van der Waals surface area contributed by atoms with Gasteiger partial charge in [0.1, 0.15) is 5.01 Å². The Hall–Kier alpha value is -1.80. The summed E-state index contributed by atoms with van der Waals surface area (Å²) < 4.78 is 0.711. The van der Waals surface area contributed by atoms with Gasteiger partial charge in [0.2, 0.25) is 0 Å². The van der Waals surface area contributed by atoms with Crippen LogP contribution in [0.3, 0.4) is 0 Å². The number of nitrogens with zero attached hydrogens (tertiary/aromatic N) is 2. The highest BCUT2D eigenvalue weighted by Crippen LogP contribution is 2.11. The Bertz CT molecular complexity index is 629. The van der Waals surface area contributed by atoms with E-state index in [4.69, 9.17) is 5.11 Å². The predicted octanol–water partition coefficient (Wildman–Crippen LogP) is 1.93. The number of halogens is 1. The Morgan fingerprint density at radius 2 is 2.21 bits per heavy atom. The first-order chi connectivity index (χ1) is 9.06. The quantitative estimate of drug-likeness (QED) is 0.886. The minimum absolute atomic E-state index is 0.0154. The van der Waals surface area contributed by atoms with Crippen molar-refractivity contribution in [2.45, 2.75) is 6.54 Å². The Morgan fingerprint density at radius 3 is 2.84 bits per heavy atom. The number of carbonyl (C=O) groups excluding carboxylic acids is 1. The number of pyridine rings is 1. The van der Waals surface area contributed by atoms with Crippen molar-refractivity contribution < 1.29 is 14.7 Å². The number of rotatable bonds is 4. The first-order valence-corrected chi connectivity index (χ1v) is 6.80. The van der Waals surface area contributed by atoms with E-state index in [0.29, 0.717) is 15.0 Å². The van der Waals surface area contributed by atoms with Crippen LogP contribution in [0.25, 0.3) is 0 Å². The summed E-state index contributed by atoms with van der Waals surface area (Å²) in [6, 6.07) is 1.65. The van der Waals surface area contributed by atoms with Crippen LogP contribution in [-0.4, -0.2) is 27.0 Å². The highest BCUT2D eigenvalue weighted by atomic mass is 79.9. The van der Waals surface area contributed by atoms with Gasteiger partial charge >= 0.3 is 5.97 Å². The van der Waals surface area contributed by atoms with E-state index < -0.39 is 5.97 Å². The maximum Gasteiger partial charge on any atom is 0.355 e. The van der Waals surface area contributed by atoms with Crippen molar-refractivity contribution in [1.29, 1.82) is 0 Å². The maximum atomic E-state index is 11.8. The Balaban J connectivity index is 1.98. The summed E-state index contributed by atoms with van der Waals surface area (Å²) in [5.41, 5.74) is 0.405. The van der Waals surface area contributed by atoms with Gasteiger partial charge in [-0.3, -0.25) is 9.78 Å². The molecule has 0 fully saturated rings. The summed E-state index contributed by atoms with van der Waals surface area (Å²) >= 11 is 4.41. The lowest BCUT2D eigenvalue weighted by Gasteiger charge is -2.02. The van der Waals surface area contributed by atoms with Crippen LogP contribution in [0.1, 0.15) is 25.9 Å². The summed E-state index contributed by atoms with van der Waals surface area (Å²) in [6.45, 7) is 0.184. The number of hydrogen-bond acceptors (Lipinski definition) is 5. The summed E-state index contributed by atoms with van der Waals surface area (Å²) in [6.07, 6.45) is 3.03. The van der Waals surface area contributed by atoms with E-state index in [0.717, 1.165) is 0 Å². The van der Waals surface area contributed by atoms with Gasteiger partial charge in [0.05, 0.1) is 12.1 Å². The van der Waals surface area contributed by atoms with Gasteiger partial charge in [-0.1, -0.05) is 0 Å². The molecule has 2 heterocycles. The Morgan fingerprint density at radius 1 is 1.42 bits per heavy atom. The molecule has 6 nitrogen and oxygen atoms in total. The van der Waals surface area contributed by atoms with Crippen LogP contribution in [-0.2, 0) is 6.54 Å². The van der Waals surface area contributed by atoms with E-state index in [-0.39, 0.29) is 18.1 Å². The zero-order valence-electron chi connectivity index (χ0n) is 9.46. The third-order valence-corrected chi connectivity index (χ3v) is 3.42. The minimum atomic E-state index is -1.08. The molecule has 2 aromatic heterocycles. The molecule has 2 aromatic rings. The summed E-state index contributed by atoms with van der Waals surface area (Å²) in [4.78, 5) is 30.2. The fraction of sp³-hybridized carbons (Fsp3) is 0.0909. The molecule has 98 valence electrons. The molecule has 0 spiro atoms. The van der Waals surface area contributed by atoms with Gasteiger partial charge in [-0.15, -0.1) is 11.3 Å². The lowest BCUT2D eigenvalue weighted by Crippen LogP contribution is -2.22. The fourth-order valence-electron chi connectivity index (χ4n) is 1.28. The third-order valence-electron chi connectivity index (χ3n) is 2.14. The molecule has 0 aliphatic carbocycles. The van der Waals surface area contributed by atoms with Crippen LogP contribution in [0, 0.1) is 0 Å². The zero-order chi connectivity index (χ0) is 13.8. The van der Waals surface area contributed by atoms with Gasteiger partial charge < -0.3 is 10.4 Å². The van der Waals surface area contributed by atoms with Gasteiger partial charge in [-0.25, -0.2) is 9.78 Å². The lowest BCUT2D eigenvalue weighted by molar-refractivity contribution is 0.0691. The largest absolute Gasteiger partial charge is 0.476 e. The van der Waals surface area contributed by atoms with Crippen molar-refractivity contribution in [2.24, 2.45) is 0 Å². The van der Waals surface area contributed by atoms with Gasteiger partial charge in [-0.05, 0) is 22.0 Å². The second-order valence-electron chi connectivity index (χ2n) is 3.51. The number of aromatic carboxylic acids is 1. The summed E-state index contributed by atoms with van der Waals surface area (Å²) in [7, 11) is 0. The number of carboxylic acid groups (broad SMARTS) is 1. The van der Waals surface area contributed by atoms with Crippen molar-refractivity contribution in [3.8, 4) is 0 Å². The number of amides is 1. The number of carboxylic acids is 1. The molecule has 0 aliphatic heterocycles. The molecule has 19 heavy (non-hydrogen) atoms. The van der Waals surface area contributed by atoms with Crippen molar-refractivity contribution in [1.82, 2.24) is 15.3 Å². The molecule has 0 radical (unpaired) electrons. The highest BCUT2D eigenvalue weighted by Gasteiger charge is 2.10. The van der Waals surface area contributed by atoms with Crippen LogP contribution < -0.4 is 5.32 Å². The van der Waals surface area contributed by atoms with Crippen molar-refractivity contribution in [3.63, 3.8) is 0 Å². The molecule has 0 unspecified atom stereocenters. The van der Waals surface area contributed by atoms with E-state index in [9.17, 15) is 9.59 Å². The van der Waals surface area contributed by atoms with Gasteiger partial charge in [0.25, 0.3) is 5.91 Å².